The van der Waals surface area contributed by atoms with Crippen LogP contribution in [0.25, 0.3) is 0 Å². The third-order valence-electron chi connectivity index (χ3n) is 6.21. The number of amides is 1. The molecule has 0 fully saturated rings. The van der Waals surface area contributed by atoms with Crippen molar-refractivity contribution in [2.24, 2.45) is 0 Å². The first-order valence-electron chi connectivity index (χ1n) is 12.0. The maximum Gasteiger partial charge on any atom is 0.415 e. The third-order valence-corrected chi connectivity index (χ3v) is 6.21. The Balaban J connectivity index is 1.52. The van der Waals surface area contributed by atoms with Gasteiger partial charge in [-0.3, -0.25) is 9.36 Å². The minimum absolute atomic E-state index is 0.0771. The van der Waals surface area contributed by atoms with E-state index in [1.54, 1.807) is 11.5 Å². The van der Waals surface area contributed by atoms with Gasteiger partial charge in [-0.1, -0.05) is 42.5 Å². The Morgan fingerprint density at radius 2 is 1.81 bits per heavy atom. The molecule has 4 rings (SSSR count). The van der Waals surface area contributed by atoms with Gasteiger partial charge in [-0.25, -0.2) is 9.78 Å². The summed E-state index contributed by atoms with van der Waals surface area (Å²) in [4.78, 5) is 32.4. The number of carbonyl (C=O) groups is 1. The summed E-state index contributed by atoms with van der Waals surface area (Å²) in [5, 5.41) is 0. The van der Waals surface area contributed by atoms with Crippen LogP contribution < -0.4 is 10.3 Å². The second-order valence-corrected chi connectivity index (χ2v) is 8.82. The molecule has 7 nitrogen and oxygen atoms in total. The zero-order valence-electron chi connectivity index (χ0n) is 20.6. The predicted octanol–water partition coefficient (Wildman–Crippen LogP) is 4.84. The van der Waals surface area contributed by atoms with Gasteiger partial charge in [0.15, 0.2) is 0 Å². The first-order valence-corrected chi connectivity index (χ1v) is 12.0. The van der Waals surface area contributed by atoms with Crippen LogP contribution in [0.2, 0.25) is 0 Å². The predicted molar refractivity (Wildman–Crippen MR) is 131 cm³/mol. The Hall–Kier alpha value is -3.66. The van der Waals surface area contributed by atoms with Gasteiger partial charge in [0.25, 0.3) is 5.56 Å². The molecule has 0 spiro atoms. The molecule has 1 aliphatic heterocycles. The van der Waals surface area contributed by atoms with Crippen LogP contribution in [-0.4, -0.2) is 46.5 Å². The number of aryl methyl sites for hydroxylation is 1. The van der Waals surface area contributed by atoms with Gasteiger partial charge in [0.2, 0.25) is 0 Å². The van der Waals surface area contributed by atoms with Crippen molar-refractivity contribution in [1.82, 2.24) is 14.5 Å². The molecule has 1 aliphatic rings. The number of carbonyl (C=O) groups excluding carboxylic acids is 1. The number of rotatable bonds is 7. The Labute approximate surface area is 212 Å². The largest absolute Gasteiger partial charge is 0.415 e. The second kappa shape index (κ2) is 11.2. The SMILES string of the molecule is CCOCC(c1ccccc1)n1c(C)nc2c(c1=O)CCN(C(=O)Oc1ccc(CC(F)(F)F)cc1)C2. The van der Waals surface area contributed by atoms with Crippen LogP contribution in [-0.2, 0) is 24.1 Å². The lowest BCUT2D eigenvalue weighted by molar-refractivity contribution is -0.127. The van der Waals surface area contributed by atoms with E-state index in [2.05, 4.69) is 4.98 Å². The minimum atomic E-state index is -4.31. The monoisotopic (exact) mass is 515 g/mol. The molecule has 0 N–H and O–H groups in total. The molecule has 2 heterocycles. The molecule has 0 saturated heterocycles. The highest BCUT2D eigenvalue weighted by molar-refractivity contribution is 5.71. The molecular formula is C27H28F3N3O4. The van der Waals surface area contributed by atoms with Crippen molar-refractivity contribution in [3.63, 3.8) is 0 Å². The van der Waals surface area contributed by atoms with Crippen molar-refractivity contribution in [1.29, 1.82) is 0 Å². The van der Waals surface area contributed by atoms with E-state index >= 15 is 0 Å². The Bertz CT molecular complexity index is 1290. The van der Waals surface area contributed by atoms with Crippen molar-refractivity contribution < 1.29 is 27.4 Å². The van der Waals surface area contributed by atoms with E-state index in [0.29, 0.717) is 36.7 Å². The quantitative estimate of drug-likeness (QED) is 0.450. The zero-order chi connectivity index (χ0) is 26.6. The van der Waals surface area contributed by atoms with Crippen LogP contribution >= 0.6 is 0 Å². The van der Waals surface area contributed by atoms with Crippen molar-refractivity contribution >= 4 is 6.09 Å². The van der Waals surface area contributed by atoms with Crippen LogP contribution in [0, 0.1) is 6.92 Å². The Morgan fingerprint density at radius 1 is 1.11 bits per heavy atom. The summed E-state index contributed by atoms with van der Waals surface area (Å²) in [6, 6.07) is 14.5. The molecule has 37 heavy (non-hydrogen) atoms. The van der Waals surface area contributed by atoms with Crippen LogP contribution in [0.4, 0.5) is 18.0 Å². The third kappa shape index (κ3) is 6.37. The lowest BCUT2D eigenvalue weighted by atomic mass is 10.0. The molecule has 196 valence electrons. The molecule has 0 saturated carbocycles. The van der Waals surface area contributed by atoms with Crippen LogP contribution in [0.15, 0.2) is 59.4 Å². The van der Waals surface area contributed by atoms with Gasteiger partial charge in [-0.2, -0.15) is 13.2 Å². The van der Waals surface area contributed by atoms with E-state index in [1.807, 2.05) is 37.3 Å². The average molecular weight is 516 g/mol. The smallest absolute Gasteiger partial charge is 0.410 e. The van der Waals surface area contributed by atoms with Crippen molar-refractivity contribution in [3.05, 3.63) is 93.2 Å². The van der Waals surface area contributed by atoms with Gasteiger partial charge in [-0.15, -0.1) is 0 Å². The second-order valence-electron chi connectivity index (χ2n) is 8.82. The fraction of sp³-hybridized carbons (Fsp3) is 0.370. The lowest BCUT2D eigenvalue weighted by Gasteiger charge is -2.29. The highest BCUT2D eigenvalue weighted by Gasteiger charge is 2.29. The summed E-state index contributed by atoms with van der Waals surface area (Å²) in [7, 11) is 0. The maximum atomic E-state index is 13.6. The summed E-state index contributed by atoms with van der Waals surface area (Å²) in [6.07, 6.45) is -5.72. The fourth-order valence-electron chi connectivity index (χ4n) is 4.44. The number of hydrogen-bond acceptors (Lipinski definition) is 5. The van der Waals surface area contributed by atoms with Gasteiger partial charge in [0, 0.05) is 18.7 Å². The van der Waals surface area contributed by atoms with E-state index in [9.17, 15) is 22.8 Å². The zero-order valence-corrected chi connectivity index (χ0v) is 20.6. The molecule has 10 heteroatoms. The summed E-state index contributed by atoms with van der Waals surface area (Å²) in [6.45, 7) is 4.83. The summed E-state index contributed by atoms with van der Waals surface area (Å²) >= 11 is 0. The van der Waals surface area contributed by atoms with Gasteiger partial charge in [0.1, 0.15) is 11.6 Å². The number of hydrogen-bond donors (Lipinski definition) is 0. The first-order chi connectivity index (χ1) is 17.7. The van der Waals surface area contributed by atoms with E-state index in [1.165, 1.54) is 29.2 Å². The van der Waals surface area contributed by atoms with E-state index < -0.39 is 18.7 Å². The van der Waals surface area contributed by atoms with Gasteiger partial charge in [-0.05, 0) is 43.5 Å². The molecule has 0 bridgehead atoms. The first kappa shape index (κ1) is 26.4. The standard InChI is InChI=1S/C27H28F3N3O4/c1-3-36-17-24(20-7-5-4-6-8-20)33-18(2)31-23-16-32(14-13-22(23)25(33)34)26(35)37-21-11-9-19(10-12-21)15-27(28,29)30/h4-12,24H,3,13-17H2,1-2H3. The topological polar surface area (TPSA) is 73.7 Å². The normalized spacial score (nSPS) is 14.2. The van der Waals surface area contributed by atoms with Crippen molar-refractivity contribution in [3.8, 4) is 5.75 Å². The number of aromatic nitrogens is 2. The molecule has 0 radical (unpaired) electrons. The molecular weight excluding hydrogens is 487 g/mol. The average Bonchev–Trinajstić information content (AvgIpc) is 2.86. The molecule has 1 amide bonds. The Kier molecular flexibility index (Phi) is 7.97. The number of fused-ring (bicyclic) bond motifs is 1. The van der Waals surface area contributed by atoms with Crippen molar-refractivity contribution in [2.75, 3.05) is 19.8 Å². The minimum Gasteiger partial charge on any atom is -0.410 e. The van der Waals surface area contributed by atoms with Gasteiger partial charge < -0.3 is 14.4 Å². The van der Waals surface area contributed by atoms with E-state index in [0.717, 1.165) is 5.56 Å². The molecule has 3 aromatic rings. The lowest BCUT2D eigenvalue weighted by Crippen LogP contribution is -2.43. The maximum absolute atomic E-state index is 13.6. The number of nitrogens with zero attached hydrogens (tertiary/aromatic N) is 3. The Morgan fingerprint density at radius 3 is 2.46 bits per heavy atom. The van der Waals surface area contributed by atoms with Crippen LogP contribution in [0.3, 0.4) is 0 Å². The summed E-state index contributed by atoms with van der Waals surface area (Å²) in [5.41, 5.74) is 1.90. The van der Waals surface area contributed by atoms with E-state index in [-0.39, 0.29) is 36.0 Å². The molecule has 1 atom stereocenters. The molecule has 2 aromatic carbocycles. The highest BCUT2D eigenvalue weighted by Crippen LogP contribution is 2.24. The number of halogens is 3. The fourth-order valence-corrected chi connectivity index (χ4v) is 4.44. The molecule has 1 unspecified atom stereocenters. The van der Waals surface area contributed by atoms with Gasteiger partial charge >= 0.3 is 12.3 Å². The number of alkyl halides is 3. The molecule has 0 aliphatic carbocycles. The summed E-state index contributed by atoms with van der Waals surface area (Å²) in [5.74, 6) is 0.649. The van der Waals surface area contributed by atoms with Crippen LogP contribution in [0.1, 0.15) is 41.2 Å². The van der Waals surface area contributed by atoms with E-state index in [4.69, 9.17) is 9.47 Å². The van der Waals surface area contributed by atoms with Gasteiger partial charge in [0.05, 0.1) is 31.3 Å². The highest BCUT2D eigenvalue weighted by atomic mass is 19.4. The number of ether oxygens (including phenoxy) is 2. The van der Waals surface area contributed by atoms with Crippen molar-refractivity contribution in [2.45, 2.75) is 45.5 Å². The summed E-state index contributed by atoms with van der Waals surface area (Å²) < 4.78 is 50.4. The number of benzene rings is 2. The molecule has 1 aromatic heterocycles. The van der Waals surface area contributed by atoms with Crippen LogP contribution in [0.5, 0.6) is 5.75 Å².